The van der Waals surface area contributed by atoms with E-state index in [9.17, 15) is 9.59 Å². The fourth-order valence-electron chi connectivity index (χ4n) is 1.44. The average Bonchev–Trinajstić information content (AvgIpc) is 2.20. The molecule has 0 aromatic carbocycles. The number of halogens is 1. The van der Waals surface area contributed by atoms with E-state index in [1.807, 2.05) is 0 Å². The number of likely N-dealkylation sites (tertiary alicyclic amines) is 1. The van der Waals surface area contributed by atoms with Gasteiger partial charge in [-0.1, -0.05) is 15.9 Å². The van der Waals surface area contributed by atoms with Gasteiger partial charge in [-0.3, -0.25) is 9.59 Å². The van der Waals surface area contributed by atoms with Crippen LogP contribution in [0.2, 0.25) is 0 Å². The van der Waals surface area contributed by atoms with E-state index in [4.69, 9.17) is 0 Å². The van der Waals surface area contributed by atoms with E-state index < -0.39 is 0 Å². The Labute approximate surface area is 91.7 Å². The number of esters is 1. The summed E-state index contributed by atoms with van der Waals surface area (Å²) in [5.74, 6) is -0.186. The van der Waals surface area contributed by atoms with Gasteiger partial charge in [0.15, 0.2) is 0 Å². The molecule has 0 aromatic heterocycles. The maximum atomic E-state index is 11.6. The Bertz CT molecular complexity index is 232. The number of amides is 1. The predicted molar refractivity (Wildman–Crippen MR) is 55.2 cm³/mol. The zero-order valence-corrected chi connectivity index (χ0v) is 9.75. The summed E-state index contributed by atoms with van der Waals surface area (Å²) in [6, 6.07) is 0. The predicted octanol–water partition coefficient (Wildman–Crippen LogP) is 0.935. The first-order valence-electron chi connectivity index (χ1n) is 4.65. The van der Waals surface area contributed by atoms with Crippen molar-refractivity contribution in [1.82, 2.24) is 4.90 Å². The maximum Gasteiger partial charge on any atom is 0.307 e. The second kappa shape index (κ2) is 5.34. The lowest BCUT2D eigenvalue weighted by molar-refractivity contribution is -0.142. The lowest BCUT2D eigenvalue weighted by Crippen LogP contribution is -2.42. The monoisotopic (exact) mass is 263 g/mol. The van der Waals surface area contributed by atoms with Crippen molar-refractivity contribution >= 4 is 27.8 Å². The van der Waals surface area contributed by atoms with Gasteiger partial charge in [-0.15, -0.1) is 0 Å². The molecule has 1 atom stereocenters. The fraction of sp³-hybridized carbons (Fsp3) is 0.778. The first-order chi connectivity index (χ1) is 6.65. The molecule has 14 heavy (non-hydrogen) atoms. The van der Waals surface area contributed by atoms with Crippen LogP contribution in [0.5, 0.6) is 0 Å². The number of hydrogen-bond acceptors (Lipinski definition) is 3. The third-order valence-electron chi connectivity index (χ3n) is 2.28. The normalized spacial score (nSPS) is 22.3. The number of piperidine rings is 1. The molecule has 1 amide bonds. The molecule has 0 N–H and O–H groups in total. The summed E-state index contributed by atoms with van der Waals surface area (Å²) in [5.41, 5.74) is 0. The van der Waals surface area contributed by atoms with Gasteiger partial charge in [-0.05, 0) is 12.8 Å². The summed E-state index contributed by atoms with van der Waals surface area (Å²) in [6.07, 6.45) is 2.15. The van der Waals surface area contributed by atoms with Crippen LogP contribution in [0.25, 0.3) is 0 Å². The molecule has 0 aliphatic carbocycles. The van der Waals surface area contributed by atoms with Crippen LogP contribution in [-0.4, -0.2) is 41.8 Å². The third kappa shape index (κ3) is 2.97. The van der Waals surface area contributed by atoms with Gasteiger partial charge in [0.1, 0.15) is 0 Å². The molecule has 1 heterocycles. The average molecular weight is 264 g/mol. The molecule has 1 aliphatic heterocycles. The van der Waals surface area contributed by atoms with Gasteiger partial charge in [-0.25, -0.2) is 0 Å². The molecule has 1 rings (SSSR count). The number of hydrogen-bond donors (Lipinski definition) is 0. The zero-order valence-electron chi connectivity index (χ0n) is 8.16. The van der Waals surface area contributed by atoms with Gasteiger partial charge in [0.05, 0.1) is 18.4 Å². The number of alkyl halides is 1. The molecular formula is C9H14BrNO3. The Balaban J connectivity index is 2.36. The van der Waals surface area contributed by atoms with Gasteiger partial charge >= 0.3 is 5.97 Å². The molecule has 0 spiro atoms. The van der Waals surface area contributed by atoms with Gasteiger partial charge in [-0.2, -0.15) is 0 Å². The number of nitrogens with zero attached hydrogens (tertiary/aromatic N) is 1. The van der Waals surface area contributed by atoms with Crippen molar-refractivity contribution in [2.24, 2.45) is 0 Å². The summed E-state index contributed by atoms with van der Waals surface area (Å²) in [7, 11) is 1.35. The highest BCUT2D eigenvalue weighted by molar-refractivity contribution is 9.10. The molecule has 0 saturated carbocycles. The SMILES string of the molecule is COC(=O)CCN1CCC[C@@H](Br)C1=O. The van der Waals surface area contributed by atoms with Crippen LogP contribution in [0.3, 0.4) is 0 Å². The van der Waals surface area contributed by atoms with Crippen LogP contribution in [0.4, 0.5) is 0 Å². The largest absolute Gasteiger partial charge is 0.469 e. The molecule has 0 aromatic rings. The summed E-state index contributed by atoms with van der Waals surface area (Å²) in [4.78, 5) is 24.1. The number of carbonyl (C=O) groups excluding carboxylic acids is 2. The van der Waals surface area contributed by atoms with Gasteiger partial charge < -0.3 is 9.64 Å². The number of methoxy groups -OCH3 is 1. The third-order valence-corrected chi connectivity index (χ3v) is 3.13. The van der Waals surface area contributed by atoms with Crippen molar-refractivity contribution in [2.75, 3.05) is 20.2 Å². The van der Waals surface area contributed by atoms with Crippen molar-refractivity contribution in [1.29, 1.82) is 0 Å². The van der Waals surface area contributed by atoms with Crippen LogP contribution in [0, 0.1) is 0 Å². The van der Waals surface area contributed by atoms with Gasteiger partial charge in [0, 0.05) is 13.1 Å². The quantitative estimate of drug-likeness (QED) is 0.563. The second-order valence-corrected chi connectivity index (χ2v) is 4.37. The van der Waals surface area contributed by atoms with Crippen molar-refractivity contribution in [3.8, 4) is 0 Å². The molecule has 80 valence electrons. The molecule has 1 fully saturated rings. The Kier molecular flexibility index (Phi) is 4.38. The summed E-state index contributed by atoms with van der Waals surface area (Å²) < 4.78 is 4.51. The molecule has 0 bridgehead atoms. The van der Waals surface area contributed by atoms with E-state index in [0.717, 1.165) is 19.4 Å². The highest BCUT2D eigenvalue weighted by Crippen LogP contribution is 2.18. The number of rotatable bonds is 3. The lowest BCUT2D eigenvalue weighted by atomic mass is 10.1. The molecule has 5 heteroatoms. The van der Waals surface area contributed by atoms with Crippen LogP contribution in [-0.2, 0) is 14.3 Å². The standard InChI is InChI=1S/C9H14BrNO3/c1-14-8(12)4-6-11-5-2-3-7(10)9(11)13/h7H,2-6H2,1H3/t7-/m1/s1. The van der Waals surface area contributed by atoms with Crippen LogP contribution >= 0.6 is 15.9 Å². The first kappa shape index (κ1) is 11.5. The number of carbonyl (C=O) groups is 2. The van der Waals surface area contributed by atoms with Gasteiger partial charge in [0.2, 0.25) is 5.91 Å². The Morgan fingerprint density at radius 2 is 2.43 bits per heavy atom. The minimum Gasteiger partial charge on any atom is -0.469 e. The maximum absolute atomic E-state index is 11.6. The van der Waals surface area contributed by atoms with Crippen LogP contribution in [0.15, 0.2) is 0 Å². The van der Waals surface area contributed by atoms with E-state index >= 15 is 0 Å². The first-order valence-corrected chi connectivity index (χ1v) is 5.56. The van der Waals surface area contributed by atoms with E-state index in [2.05, 4.69) is 20.7 Å². The smallest absolute Gasteiger partial charge is 0.307 e. The molecule has 1 saturated heterocycles. The molecule has 0 unspecified atom stereocenters. The summed E-state index contributed by atoms with van der Waals surface area (Å²) >= 11 is 3.31. The van der Waals surface area contributed by atoms with Crippen LogP contribution in [0.1, 0.15) is 19.3 Å². The van der Waals surface area contributed by atoms with Crippen molar-refractivity contribution in [3.05, 3.63) is 0 Å². The Morgan fingerprint density at radius 3 is 3.07 bits per heavy atom. The second-order valence-electron chi connectivity index (χ2n) is 3.26. The Hall–Kier alpha value is -0.580. The minimum absolute atomic E-state index is 0.0751. The van der Waals surface area contributed by atoms with Crippen LogP contribution < -0.4 is 0 Å². The molecular weight excluding hydrogens is 250 g/mol. The summed E-state index contributed by atoms with van der Waals surface area (Å²) in [6.45, 7) is 1.21. The lowest BCUT2D eigenvalue weighted by Gasteiger charge is -2.29. The van der Waals surface area contributed by atoms with E-state index in [-0.39, 0.29) is 23.1 Å². The van der Waals surface area contributed by atoms with E-state index in [1.54, 1.807) is 4.90 Å². The van der Waals surface area contributed by atoms with E-state index in [1.165, 1.54) is 7.11 Å². The fourth-order valence-corrected chi connectivity index (χ4v) is 2.06. The van der Waals surface area contributed by atoms with Crippen molar-refractivity contribution in [2.45, 2.75) is 24.1 Å². The molecule has 1 aliphatic rings. The Morgan fingerprint density at radius 1 is 1.71 bits per heavy atom. The topological polar surface area (TPSA) is 46.6 Å². The summed E-state index contributed by atoms with van der Waals surface area (Å²) in [5, 5.41) is 0. The van der Waals surface area contributed by atoms with E-state index in [0.29, 0.717) is 6.54 Å². The van der Waals surface area contributed by atoms with Crippen molar-refractivity contribution in [3.63, 3.8) is 0 Å². The zero-order chi connectivity index (χ0) is 10.6. The molecule has 4 nitrogen and oxygen atoms in total. The highest BCUT2D eigenvalue weighted by atomic mass is 79.9. The highest BCUT2D eigenvalue weighted by Gasteiger charge is 2.26. The van der Waals surface area contributed by atoms with Crippen molar-refractivity contribution < 1.29 is 14.3 Å². The number of ether oxygens (including phenoxy) is 1. The minimum atomic E-state index is -0.269. The molecule has 0 radical (unpaired) electrons. The van der Waals surface area contributed by atoms with Gasteiger partial charge in [0.25, 0.3) is 0 Å².